The summed E-state index contributed by atoms with van der Waals surface area (Å²) >= 11 is 5.97. The average Bonchev–Trinajstić information content (AvgIpc) is 3.42. The number of amides is 1. The van der Waals surface area contributed by atoms with Gasteiger partial charge in [0, 0.05) is 41.1 Å². The Labute approximate surface area is 236 Å². The molecule has 0 bridgehead atoms. The largest absolute Gasteiger partial charge is 0.351 e. The highest BCUT2D eigenvalue weighted by Gasteiger charge is 2.42. The molecule has 1 aliphatic rings. The van der Waals surface area contributed by atoms with Crippen LogP contribution < -0.4 is 15.5 Å². The lowest BCUT2D eigenvalue weighted by atomic mass is 9.96. The molecule has 0 spiro atoms. The third-order valence-corrected chi connectivity index (χ3v) is 8.10. The van der Waals surface area contributed by atoms with Crippen LogP contribution in [0.3, 0.4) is 0 Å². The summed E-state index contributed by atoms with van der Waals surface area (Å²) in [5, 5.41) is 7.22. The van der Waals surface area contributed by atoms with Crippen molar-refractivity contribution in [2.75, 3.05) is 10.2 Å². The quantitative estimate of drug-likeness (QED) is 0.261. The molecule has 200 valence electrons. The van der Waals surface area contributed by atoms with Crippen LogP contribution in [-0.2, 0) is 4.79 Å². The molecule has 6 nitrogen and oxygen atoms in total. The number of hydrogen-bond acceptors (Lipinski definition) is 3. The van der Waals surface area contributed by atoms with Crippen LogP contribution >= 0.6 is 12.2 Å². The molecule has 2 atom stereocenters. The number of anilines is 2. The van der Waals surface area contributed by atoms with Crippen LogP contribution in [0.2, 0.25) is 0 Å². The molecule has 0 saturated carbocycles. The van der Waals surface area contributed by atoms with Crippen molar-refractivity contribution in [3.05, 3.63) is 106 Å². The van der Waals surface area contributed by atoms with E-state index in [0.717, 1.165) is 22.6 Å². The lowest BCUT2D eigenvalue weighted by Crippen LogP contribution is -2.29. The molecule has 7 heteroatoms. The minimum atomic E-state index is -0.133. The molecule has 0 radical (unpaired) electrons. The van der Waals surface area contributed by atoms with E-state index in [1.807, 2.05) is 44.3 Å². The summed E-state index contributed by atoms with van der Waals surface area (Å²) in [7, 11) is 0. The Morgan fingerprint density at radius 2 is 1.79 bits per heavy atom. The molecule has 4 aromatic rings. The molecule has 5 rings (SSSR count). The van der Waals surface area contributed by atoms with Crippen molar-refractivity contribution in [2.24, 2.45) is 0 Å². The third-order valence-electron chi connectivity index (χ3n) is 7.79. The second-order valence-corrected chi connectivity index (χ2v) is 10.7. The number of thiocarbonyl (C=S) groups is 1. The van der Waals surface area contributed by atoms with Crippen LogP contribution in [0, 0.1) is 34.6 Å². The normalized spacial score (nSPS) is 16.9. The number of carbonyl (C=O) groups excluding carboxylic acids is 1. The molecule has 3 heterocycles. The van der Waals surface area contributed by atoms with Gasteiger partial charge in [0.15, 0.2) is 5.11 Å². The van der Waals surface area contributed by atoms with Crippen LogP contribution in [0.15, 0.2) is 66.9 Å². The van der Waals surface area contributed by atoms with Crippen molar-refractivity contribution in [1.82, 2.24) is 14.9 Å². The summed E-state index contributed by atoms with van der Waals surface area (Å²) in [6.07, 6.45) is 2.26. The van der Waals surface area contributed by atoms with Gasteiger partial charge in [0.2, 0.25) is 5.91 Å². The van der Waals surface area contributed by atoms with Gasteiger partial charge in [-0.05, 0) is 112 Å². The second-order valence-electron chi connectivity index (χ2n) is 10.3. The topological polar surface area (TPSA) is 62.2 Å². The van der Waals surface area contributed by atoms with Crippen LogP contribution in [-0.4, -0.2) is 20.6 Å². The van der Waals surface area contributed by atoms with E-state index in [2.05, 4.69) is 84.2 Å². The van der Waals surface area contributed by atoms with Gasteiger partial charge in [0.25, 0.3) is 0 Å². The van der Waals surface area contributed by atoms with Crippen LogP contribution in [0.4, 0.5) is 11.4 Å². The first kappa shape index (κ1) is 26.6. The number of hydrogen-bond donors (Lipinski definition) is 2. The summed E-state index contributed by atoms with van der Waals surface area (Å²) in [5.41, 5.74) is 11.0. The first-order valence-electron chi connectivity index (χ1n) is 13.4. The zero-order chi connectivity index (χ0) is 27.8. The maximum atomic E-state index is 12.0. The molecule has 1 saturated heterocycles. The minimum Gasteiger partial charge on any atom is -0.351 e. The zero-order valence-corrected chi connectivity index (χ0v) is 24.2. The van der Waals surface area contributed by atoms with Crippen molar-refractivity contribution < 1.29 is 4.79 Å². The highest BCUT2D eigenvalue weighted by Crippen LogP contribution is 2.44. The predicted octanol–water partition coefficient (Wildman–Crippen LogP) is 6.94. The molecule has 1 amide bonds. The SMILES string of the molecule is CCC(=O)Nc1ccc(N2C(=S)N[C@H](c3ccccn3)[C@H]2c2cc(C)n(-c3cccc(C)c3C)c2C)cc1C. The third kappa shape index (κ3) is 4.83. The zero-order valence-electron chi connectivity index (χ0n) is 23.4. The summed E-state index contributed by atoms with van der Waals surface area (Å²) in [6, 6.07) is 20.6. The Hall–Kier alpha value is -3.97. The van der Waals surface area contributed by atoms with Crippen LogP contribution in [0.25, 0.3) is 5.69 Å². The highest BCUT2D eigenvalue weighted by molar-refractivity contribution is 7.80. The number of aryl methyl sites for hydroxylation is 3. The number of pyridine rings is 1. The van der Waals surface area contributed by atoms with Gasteiger partial charge in [-0.1, -0.05) is 25.1 Å². The Bertz CT molecular complexity index is 1560. The fraction of sp³-hybridized carbons (Fsp3) is 0.281. The van der Waals surface area contributed by atoms with E-state index >= 15 is 0 Å². The van der Waals surface area contributed by atoms with Gasteiger partial charge in [0.1, 0.15) is 0 Å². The van der Waals surface area contributed by atoms with E-state index in [4.69, 9.17) is 17.2 Å². The smallest absolute Gasteiger partial charge is 0.224 e. The minimum absolute atomic E-state index is 0.00353. The monoisotopic (exact) mass is 537 g/mol. The van der Waals surface area contributed by atoms with Crippen molar-refractivity contribution in [3.63, 3.8) is 0 Å². The predicted molar refractivity (Wildman–Crippen MR) is 163 cm³/mol. The summed E-state index contributed by atoms with van der Waals surface area (Å²) in [6.45, 7) is 12.5. The molecule has 2 N–H and O–H groups in total. The molecule has 0 unspecified atom stereocenters. The Morgan fingerprint density at radius 1 is 1.00 bits per heavy atom. The van der Waals surface area contributed by atoms with Gasteiger partial charge in [-0.15, -0.1) is 0 Å². The maximum Gasteiger partial charge on any atom is 0.224 e. The van der Waals surface area contributed by atoms with E-state index in [1.165, 1.54) is 33.8 Å². The molecule has 0 aliphatic carbocycles. The summed E-state index contributed by atoms with van der Waals surface area (Å²) in [4.78, 5) is 18.9. The Morgan fingerprint density at radius 3 is 2.49 bits per heavy atom. The maximum absolute atomic E-state index is 12.0. The molecule has 2 aromatic heterocycles. The van der Waals surface area contributed by atoms with Crippen molar-refractivity contribution >= 4 is 34.6 Å². The van der Waals surface area contributed by atoms with E-state index in [-0.39, 0.29) is 18.0 Å². The Balaban J connectivity index is 1.65. The second kappa shape index (κ2) is 10.7. The molecule has 2 aromatic carbocycles. The lowest BCUT2D eigenvalue weighted by molar-refractivity contribution is -0.115. The first-order chi connectivity index (χ1) is 18.7. The van der Waals surface area contributed by atoms with Crippen LogP contribution in [0.5, 0.6) is 0 Å². The number of nitrogens with one attached hydrogen (secondary N) is 2. The molecular weight excluding hydrogens is 502 g/mol. The molecule has 1 fully saturated rings. The van der Waals surface area contributed by atoms with E-state index < -0.39 is 0 Å². The number of rotatable bonds is 6. The average molecular weight is 538 g/mol. The van der Waals surface area contributed by atoms with Gasteiger partial charge in [-0.2, -0.15) is 0 Å². The number of aromatic nitrogens is 2. The van der Waals surface area contributed by atoms with Crippen LogP contribution in [0.1, 0.15) is 64.8 Å². The van der Waals surface area contributed by atoms with Gasteiger partial charge in [-0.3, -0.25) is 9.78 Å². The summed E-state index contributed by atoms with van der Waals surface area (Å²) in [5.74, 6) is -0.00353. The summed E-state index contributed by atoms with van der Waals surface area (Å²) < 4.78 is 2.35. The van der Waals surface area contributed by atoms with Gasteiger partial charge >= 0.3 is 0 Å². The molecular formula is C32H35N5OS. The van der Waals surface area contributed by atoms with Crippen molar-refractivity contribution in [1.29, 1.82) is 0 Å². The van der Waals surface area contributed by atoms with E-state index in [0.29, 0.717) is 11.5 Å². The van der Waals surface area contributed by atoms with E-state index in [1.54, 1.807) is 0 Å². The fourth-order valence-electron chi connectivity index (χ4n) is 5.56. The van der Waals surface area contributed by atoms with E-state index in [9.17, 15) is 4.79 Å². The Kier molecular flexibility index (Phi) is 7.28. The first-order valence-corrected chi connectivity index (χ1v) is 13.8. The number of benzene rings is 2. The fourth-order valence-corrected chi connectivity index (χ4v) is 5.91. The van der Waals surface area contributed by atoms with Gasteiger partial charge in [0.05, 0.1) is 17.8 Å². The van der Waals surface area contributed by atoms with Crippen molar-refractivity contribution in [2.45, 2.75) is 60.0 Å². The molecule has 1 aliphatic heterocycles. The van der Waals surface area contributed by atoms with Crippen molar-refractivity contribution in [3.8, 4) is 5.69 Å². The number of carbonyl (C=O) groups is 1. The van der Waals surface area contributed by atoms with Gasteiger partial charge < -0.3 is 20.1 Å². The number of nitrogens with zero attached hydrogens (tertiary/aromatic N) is 3. The standard InChI is InChI=1S/C32H35N5OS/c1-7-29(38)34-26-15-14-24(17-20(26)3)37-31(30(35-32(37)39)27-12-8-9-16-33-27)25-18-21(4)36(23(25)6)28-13-10-11-19(2)22(28)5/h8-18,30-31H,7H2,1-6H3,(H,34,38)(H,35,39)/t30-,31-/m1/s1. The highest BCUT2D eigenvalue weighted by atomic mass is 32.1. The van der Waals surface area contributed by atoms with Gasteiger partial charge in [-0.25, -0.2) is 0 Å². The molecule has 39 heavy (non-hydrogen) atoms. The lowest BCUT2D eigenvalue weighted by Gasteiger charge is -2.29.